The smallest absolute Gasteiger partial charge is 0.240 e. The van der Waals surface area contributed by atoms with E-state index < -0.39 is 5.54 Å². The van der Waals surface area contributed by atoms with E-state index in [2.05, 4.69) is 26.3 Å². The van der Waals surface area contributed by atoms with Gasteiger partial charge in [-0.25, -0.2) is 9.97 Å². The second kappa shape index (κ2) is 7.80. The summed E-state index contributed by atoms with van der Waals surface area (Å²) in [6, 6.07) is 10.3. The van der Waals surface area contributed by atoms with Gasteiger partial charge in [-0.05, 0) is 26.0 Å². The number of aromatic nitrogens is 3. The van der Waals surface area contributed by atoms with Crippen LogP contribution in [0.15, 0.2) is 36.7 Å². The van der Waals surface area contributed by atoms with Crippen LogP contribution in [0.1, 0.15) is 13.8 Å². The van der Waals surface area contributed by atoms with Gasteiger partial charge in [0.1, 0.15) is 5.54 Å². The minimum absolute atomic E-state index is 0.0961. The Morgan fingerprint density at radius 1 is 1.41 bits per heavy atom. The molecule has 9 heteroatoms. The summed E-state index contributed by atoms with van der Waals surface area (Å²) in [5, 5.41) is 13.1. The van der Waals surface area contributed by atoms with Crippen LogP contribution in [0.2, 0.25) is 0 Å². The number of benzene rings is 1. The maximum Gasteiger partial charge on any atom is 0.240 e. The van der Waals surface area contributed by atoms with Gasteiger partial charge in [-0.2, -0.15) is 5.26 Å². The van der Waals surface area contributed by atoms with Gasteiger partial charge in [0.05, 0.1) is 43.8 Å². The molecular formula is C23H25N7O2. The van der Waals surface area contributed by atoms with Crippen molar-refractivity contribution in [3.05, 3.63) is 36.7 Å². The molecule has 1 amide bonds. The van der Waals surface area contributed by atoms with Gasteiger partial charge in [0, 0.05) is 35.8 Å². The third-order valence-electron chi connectivity index (χ3n) is 5.92. The largest absolute Gasteiger partial charge is 0.377 e. The monoisotopic (exact) mass is 431 g/mol. The van der Waals surface area contributed by atoms with E-state index in [1.54, 1.807) is 20.0 Å². The van der Waals surface area contributed by atoms with Crippen molar-refractivity contribution in [1.29, 1.82) is 5.26 Å². The number of H-pyrrole nitrogens is 1. The zero-order valence-electron chi connectivity index (χ0n) is 18.1. The molecule has 1 aromatic carbocycles. The van der Waals surface area contributed by atoms with Crippen LogP contribution in [-0.4, -0.2) is 65.3 Å². The topological polar surface area (TPSA) is 110 Å². The number of rotatable bonds is 4. The Hall–Kier alpha value is -3.64. The first-order chi connectivity index (χ1) is 15.4. The zero-order chi connectivity index (χ0) is 22.3. The summed E-state index contributed by atoms with van der Waals surface area (Å²) in [6.45, 7) is 6.07. The highest BCUT2D eigenvalue weighted by Gasteiger charge is 2.36. The number of aromatic amines is 1. The third kappa shape index (κ3) is 3.63. The number of ether oxygens (including phenoxy) is 1. The quantitative estimate of drug-likeness (QED) is 0.651. The molecule has 5 rings (SSSR count). The minimum Gasteiger partial charge on any atom is -0.377 e. The molecule has 0 saturated carbocycles. The van der Waals surface area contributed by atoms with Gasteiger partial charge in [0.25, 0.3) is 0 Å². The van der Waals surface area contributed by atoms with E-state index in [4.69, 9.17) is 9.72 Å². The summed E-state index contributed by atoms with van der Waals surface area (Å²) in [7, 11) is 0. The van der Waals surface area contributed by atoms with Crippen LogP contribution < -0.4 is 15.1 Å². The van der Waals surface area contributed by atoms with Gasteiger partial charge < -0.3 is 24.8 Å². The highest BCUT2D eigenvalue weighted by Crippen LogP contribution is 2.36. The molecule has 0 radical (unpaired) electrons. The zero-order valence-corrected chi connectivity index (χ0v) is 18.1. The van der Waals surface area contributed by atoms with E-state index in [1.807, 2.05) is 35.4 Å². The standard InChI is InChI=1S/C23H25N7O2/c1-23(2,14-24)28-20(31)12-29-11-15-13-32-9-8-30(15)22-19(29)10-26-21(27-22)17-4-3-5-18-16(17)6-7-25-18/h3-7,10,15,25H,8-9,11-13H2,1-2H3,(H,28,31). The van der Waals surface area contributed by atoms with Gasteiger partial charge in [-0.15, -0.1) is 0 Å². The highest BCUT2D eigenvalue weighted by molar-refractivity contribution is 5.94. The molecule has 1 fully saturated rings. The van der Waals surface area contributed by atoms with Crippen molar-refractivity contribution in [2.45, 2.75) is 25.4 Å². The summed E-state index contributed by atoms with van der Waals surface area (Å²) >= 11 is 0. The van der Waals surface area contributed by atoms with Crippen LogP contribution in [0.25, 0.3) is 22.3 Å². The number of nitrogens with one attached hydrogen (secondary N) is 2. The first-order valence-corrected chi connectivity index (χ1v) is 10.7. The van der Waals surface area contributed by atoms with Crippen LogP contribution in [0.4, 0.5) is 11.5 Å². The molecule has 2 N–H and O–H groups in total. The van der Waals surface area contributed by atoms with Crippen molar-refractivity contribution in [3.63, 3.8) is 0 Å². The maximum absolute atomic E-state index is 12.7. The van der Waals surface area contributed by atoms with Gasteiger partial charge in [0.2, 0.25) is 5.91 Å². The summed E-state index contributed by atoms with van der Waals surface area (Å²) in [4.78, 5) is 29.8. The lowest BCUT2D eigenvalue weighted by molar-refractivity contribution is -0.120. The minimum atomic E-state index is -0.925. The fraction of sp³-hybridized carbons (Fsp3) is 0.391. The van der Waals surface area contributed by atoms with E-state index in [9.17, 15) is 10.1 Å². The number of anilines is 2. The van der Waals surface area contributed by atoms with E-state index in [0.29, 0.717) is 25.6 Å². The second-order valence-electron chi connectivity index (χ2n) is 8.73. The lowest BCUT2D eigenvalue weighted by Gasteiger charge is -2.45. The van der Waals surface area contributed by atoms with Crippen molar-refractivity contribution in [1.82, 2.24) is 20.3 Å². The number of carbonyl (C=O) groups excluding carboxylic acids is 1. The maximum atomic E-state index is 12.7. The van der Waals surface area contributed by atoms with Crippen LogP contribution in [0, 0.1) is 11.3 Å². The number of amides is 1. The summed E-state index contributed by atoms with van der Waals surface area (Å²) in [6.07, 6.45) is 3.71. The van der Waals surface area contributed by atoms with E-state index in [-0.39, 0.29) is 18.5 Å². The first-order valence-electron chi connectivity index (χ1n) is 10.7. The fourth-order valence-electron chi connectivity index (χ4n) is 4.39. The Bertz CT molecular complexity index is 1210. The Kier molecular flexibility index (Phi) is 4.94. The molecule has 0 aliphatic carbocycles. The number of hydrogen-bond acceptors (Lipinski definition) is 7. The number of hydrogen-bond donors (Lipinski definition) is 2. The van der Waals surface area contributed by atoms with Gasteiger partial charge >= 0.3 is 0 Å². The molecule has 3 aromatic rings. The molecule has 2 aromatic heterocycles. The number of morpholine rings is 1. The molecule has 164 valence electrons. The molecule has 1 atom stereocenters. The predicted octanol–water partition coefficient (Wildman–Crippen LogP) is 2.07. The van der Waals surface area contributed by atoms with Crippen molar-refractivity contribution in [2.75, 3.05) is 42.6 Å². The molecule has 4 heterocycles. The van der Waals surface area contributed by atoms with Crippen LogP contribution in [0.3, 0.4) is 0 Å². The van der Waals surface area contributed by atoms with Crippen LogP contribution in [-0.2, 0) is 9.53 Å². The Morgan fingerprint density at radius 3 is 3.12 bits per heavy atom. The number of nitrogens with zero attached hydrogens (tertiary/aromatic N) is 5. The highest BCUT2D eigenvalue weighted by atomic mass is 16.5. The summed E-state index contributed by atoms with van der Waals surface area (Å²) in [5.74, 6) is 1.25. The number of nitriles is 1. The lowest BCUT2D eigenvalue weighted by Crippen LogP contribution is -2.57. The van der Waals surface area contributed by atoms with Crippen molar-refractivity contribution in [3.8, 4) is 17.5 Å². The van der Waals surface area contributed by atoms with E-state index in [1.165, 1.54) is 0 Å². The Morgan fingerprint density at radius 2 is 2.28 bits per heavy atom. The molecule has 2 aliphatic rings. The van der Waals surface area contributed by atoms with E-state index >= 15 is 0 Å². The molecule has 1 unspecified atom stereocenters. The van der Waals surface area contributed by atoms with Crippen molar-refractivity contribution >= 4 is 28.3 Å². The first kappa shape index (κ1) is 20.3. The number of carbonyl (C=O) groups is 1. The number of fused-ring (bicyclic) bond motifs is 4. The van der Waals surface area contributed by atoms with Crippen LogP contribution in [0.5, 0.6) is 0 Å². The van der Waals surface area contributed by atoms with Gasteiger partial charge in [-0.3, -0.25) is 4.79 Å². The molecule has 0 bridgehead atoms. The summed E-state index contributed by atoms with van der Waals surface area (Å²) in [5.41, 5.74) is 1.89. The average Bonchev–Trinajstić information content (AvgIpc) is 3.27. The van der Waals surface area contributed by atoms with Crippen molar-refractivity contribution in [2.24, 2.45) is 0 Å². The van der Waals surface area contributed by atoms with Crippen molar-refractivity contribution < 1.29 is 9.53 Å². The Balaban J connectivity index is 1.52. The molecule has 2 aliphatic heterocycles. The van der Waals surface area contributed by atoms with Crippen LogP contribution >= 0.6 is 0 Å². The molecule has 0 spiro atoms. The predicted molar refractivity (Wildman–Crippen MR) is 121 cm³/mol. The SMILES string of the molecule is CC(C)(C#N)NC(=O)CN1CC2COCCN2c2nc(-c3cccc4[nH]ccc34)ncc21. The third-order valence-corrected chi connectivity index (χ3v) is 5.92. The second-order valence-corrected chi connectivity index (χ2v) is 8.73. The fourth-order valence-corrected chi connectivity index (χ4v) is 4.39. The normalized spacial score (nSPS) is 18.1. The van der Waals surface area contributed by atoms with E-state index in [0.717, 1.165) is 34.5 Å². The Labute approximate surface area is 186 Å². The van der Waals surface area contributed by atoms with Gasteiger partial charge in [-0.1, -0.05) is 12.1 Å². The molecule has 1 saturated heterocycles. The summed E-state index contributed by atoms with van der Waals surface area (Å²) < 4.78 is 5.71. The molecule has 9 nitrogen and oxygen atoms in total. The molecule has 32 heavy (non-hydrogen) atoms. The van der Waals surface area contributed by atoms with Gasteiger partial charge in [0.15, 0.2) is 11.6 Å². The molecular weight excluding hydrogens is 406 g/mol. The lowest BCUT2D eigenvalue weighted by atomic mass is 10.1. The average molecular weight is 432 g/mol.